The summed E-state index contributed by atoms with van der Waals surface area (Å²) in [5, 5.41) is 4.01. The zero-order valence-corrected chi connectivity index (χ0v) is 15.5. The molecule has 0 saturated heterocycles. The zero-order valence-electron chi connectivity index (χ0n) is 14.0. The van der Waals surface area contributed by atoms with Crippen LogP contribution in [0.15, 0.2) is 62.6 Å². The highest BCUT2D eigenvalue weighted by molar-refractivity contribution is 7.92. The molecule has 3 rings (SSSR count). The molecule has 2 N–H and O–H groups in total. The first kappa shape index (κ1) is 18.3. The quantitative estimate of drug-likeness (QED) is 0.617. The highest BCUT2D eigenvalue weighted by atomic mass is 35.5. The van der Waals surface area contributed by atoms with E-state index in [0.29, 0.717) is 23.2 Å². The lowest BCUT2D eigenvalue weighted by molar-refractivity contribution is 0.563. The molecule has 0 amide bonds. The smallest absolute Gasteiger partial charge is 0.363 e. The van der Waals surface area contributed by atoms with Gasteiger partial charge in [0.1, 0.15) is 5.58 Å². The molecule has 0 spiro atoms. The fraction of sp³-hybridized carbons (Fsp3) is 0.167. The largest absolute Gasteiger partial charge is 0.421 e. The van der Waals surface area contributed by atoms with Gasteiger partial charge in [-0.2, -0.15) is 0 Å². The van der Waals surface area contributed by atoms with Crippen LogP contribution >= 0.6 is 11.6 Å². The summed E-state index contributed by atoms with van der Waals surface area (Å²) < 4.78 is 33.0. The number of halogens is 1. The van der Waals surface area contributed by atoms with Gasteiger partial charge in [-0.05, 0) is 36.8 Å². The topological polar surface area (TPSA) is 88.4 Å². The summed E-state index contributed by atoms with van der Waals surface area (Å²) in [4.78, 5) is 12.4. The van der Waals surface area contributed by atoms with E-state index in [-0.39, 0.29) is 15.6 Å². The van der Waals surface area contributed by atoms with Crippen molar-refractivity contribution >= 4 is 44.0 Å². The minimum Gasteiger partial charge on any atom is -0.421 e. The van der Waals surface area contributed by atoms with Crippen molar-refractivity contribution in [3.05, 3.63) is 64.0 Å². The lowest BCUT2D eigenvalue weighted by Crippen LogP contribution is -2.21. The molecule has 8 heteroatoms. The van der Waals surface area contributed by atoms with Crippen molar-refractivity contribution in [1.29, 1.82) is 0 Å². The Balaban J connectivity index is 2.15. The fourth-order valence-electron chi connectivity index (χ4n) is 2.50. The van der Waals surface area contributed by atoms with Crippen molar-refractivity contribution in [2.24, 2.45) is 0 Å². The summed E-state index contributed by atoms with van der Waals surface area (Å²) in [6, 6.07) is 12.7. The van der Waals surface area contributed by atoms with Gasteiger partial charge in [-0.15, -0.1) is 0 Å². The van der Waals surface area contributed by atoms with E-state index in [1.165, 1.54) is 18.2 Å². The molecular formula is C18H17ClN2O4S. The first-order valence-corrected chi connectivity index (χ1v) is 9.86. The predicted octanol–water partition coefficient (Wildman–Crippen LogP) is 4.07. The number of fused-ring (bicyclic) bond motifs is 1. The molecule has 0 atom stereocenters. The van der Waals surface area contributed by atoms with Crippen molar-refractivity contribution in [2.45, 2.75) is 18.2 Å². The maximum atomic E-state index is 12.7. The Morgan fingerprint density at radius 2 is 1.85 bits per heavy atom. The Morgan fingerprint density at radius 1 is 1.08 bits per heavy atom. The van der Waals surface area contributed by atoms with E-state index in [0.717, 1.165) is 6.42 Å². The Morgan fingerprint density at radius 3 is 2.58 bits per heavy atom. The number of benzene rings is 2. The molecule has 3 aromatic rings. The standard InChI is InChI=1S/C18H17ClN2O4S/c1-2-10-20-16-14-8-3-4-9-15(14)25-18(22)17(16)21-26(23,24)13-7-5-6-12(19)11-13/h3-9,11,20-21H,2,10H2,1H3. The second kappa shape index (κ2) is 7.39. The van der Waals surface area contributed by atoms with Gasteiger partial charge in [0.25, 0.3) is 10.0 Å². The van der Waals surface area contributed by atoms with E-state index >= 15 is 0 Å². The normalized spacial score (nSPS) is 11.5. The third kappa shape index (κ3) is 3.68. The molecule has 0 aliphatic rings. The summed E-state index contributed by atoms with van der Waals surface area (Å²) in [5.41, 5.74) is -0.156. The van der Waals surface area contributed by atoms with Crippen molar-refractivity contribution in [3.63, 3.8) is 0 Å². The molecule has 26 heavy (non-hydrogen) atoms. The molecule has 2 aromatic carbocycles. The Kier molecular flexibility index (Phi) is 5.20. The van der Waals surface area contributed by atoms with Crippen LogP contribution in [0.4, 0.5) is 11.4 Å². The van der Waals surface area contributed by atoms with E-state index in [9.17, 15) is 13.2 Å². The highest BCUT2D eigenvalue weighted by Crippen LogP contribution is 2.30. The van der Waals surface area contributed by atoms with Crippen molar-refractivity contribution in [1.82, 2.24) is 0 Å². The second-order valence-electron chi connectivity index (χ2n) is 5.63. The molecule has 0 saturated carbocycles. The summed E-state index contributed by atoms with van der Waals surface area (Å²) in [7, 11) is -4.01. The molecule has 6 nitrogen and oxygen atoms in total. The number of anilines is 2. The van der Waals surface area contributed by atoms with Crippen LogP contribution < -0.4 is 15.7 Å². The number of nitrogens with one attached hydrogen (secondary N) is 2. The molecule has 136 valence electrons. The molecule has 0 unspecified atom stereocenters. The number of hydrogen-bond donors (Lipinski definition) is 2. The first-order valence-electron chi connectivity index (χ1n) is 8.00. The number of para-hydroxylation sites is 1. The van der Waals surface area contributed by atoms with Gasteiger partial charge in [-0.3, -0.25) is 4.72 Å². The van der Waals surface area contributed by atoms with Gasteiger partial charge in [0.2, 0.25) is 0 Å². The summed E-state index contributed by atoms with van der Waals surface area (Å²) in [6.07, 6.45) is 0.801. The Labute approximate surface area is 155 Å². The molecule has 1 heterocycles. The maximum Gasteiger partial charge on any atom is 0.363 e. The Hall–Kier alpha value is -2.51. The molecule has 0 aliphatic heterocycles. The van der Waals surface area contributed by atoms with E-state index < -0.39 is 15.6 Å². The third-order valence-corrected chi connectivity index (χ3v) is 5.29. The lowest BCUT2D eigenvalue weighted by Gasteiger charge is -2.15. The molecule has 0 fully saturated rings. The summed E-state index contributed by atoms with van der Waals surface area (Å²) >= 11 is 5.88. The average molecular weight is 393 g/mol. The van der Waals surface area contributed by atoms with Crippen LogP contribution in [0, 0.1) is 0 Å². The van der Waals surface area contributed by atoms with E-state index in [4.69, 9.17) is 16.0 Å². The van der Waals surface area contributed by atoms with Gasteiger partial charge in [0.15, 0.2) is 5.69 Å². The number of hydrogen-bond acceptors (Lipinski definition) is 5. The highest BCUT2D eigenvalue weighted by Gasteiger charge is 2.21. The van der Waals surface area contributed by atoms with Gasteiger partial charge in [0.05, 0.1) is 10.6 Å². The monoisotopic (exact) mass is 392 g/mol. The molecular weight excluding hydrogens is 376 g/mol. The van der Waals surface area contributed by atoms with Gasteiger partial charge in [-0.1, -0.05) is 36.7 Å². The van der Waals surface area contributed by atoms with Gasteiger partial charge >= 0.3 is 5.63 Å². The van der Waals surface area contributed by atoms with Crippen molar-refractivity contribution < 1.29 is 12.8 Å². The van der Waals surface area contributed by atoms with Crippen LogP contribution in [0.5, 0.6) is 0 Å². The summed E-state index contributed by atoms with van der Waals surface area (Å²) in [6.45, 7) is 2.54. The van der Waals surface area contributed by atoms with Crippen LogP contribution in [0.1, 0.15) is 13.3 Å². The minimum atomic E-state index is -4.01. The van der Waals surface area contributed by atoms with Crippen LogP contribution in [0.2, 0.25) is 5.02 Å². The van der Waals surface area contributed by atoms with Crippen LogP contribution in [-0.4, -0.2) is 15.0 Å². The van der Waals surface area contributed by atoms with Crippen LogP contribution in [0.3, 0.4) is 0 Å². The molecule has 0 aliphatic carbocycles. The SMILES string of the molecule is CCCNc1c(NS(=O)(=O)c2cccc(Cl)c2)c(=O)oc2ccccc12. The zero-order chi connectivity index (χ0) is 18.7. The third-order valence-electron chi connectivity index (χ3n) is 3.71. The Bertz CT molecular complexity index is 1110. The first-order chi connectivity index (χ1) is 12.4. The van der Waals surface area contributed by atoms with E-state index in [1.54, 1.807) is 30.3 Å². The van der Waals surface area contributed by atoms with Crippen molar-refractivity contribution in [3.8, 4) is 0 Å². The molecule has 1 aromatic heterocycles. The second-order valence-corrected chi connectivity index (χ2v) is 7.74. The number of sulfonamides is 1. The number of rotatable bonds is 6. The van der Waals surface area contributed by atoms with Crippen LogP contribution in [-0.2, 0) is 10.0 Å². The van der Waals surface area contributed by atoms with E-state index in [2.05, 4.69) is 10.0 Å². The average Bonchev–Trinajstić information content (AvgIpc) is 2.61. The van der Waals surface area contributed by atoms with Gasteiger partial charge < -0.3 is 9.73 Å². The summed E-state index contributed by atoms with van der Waals surface area (Å²) in [5.74, 6) is 0. The van der Waals surface area contributed by atoms with Gasteiger partial charge in [-0.25, -0.2) is 13.2 Å². The van der Waals surface area contributed by atoms with E-state index in [1.807, 2.05) is 6.92 Å². The lowest BCUT2D eigenvalue weighted by atomic mass is 10.2. The molecule has 0 bridgehead atoms. The predicted molar refractivity (Wildman–Crippen MR) is 104 cm³/mol. The van der Waals surface area contributed by atoms with Crippen LogP contribution in [0.25, 0.3) is 11.0 Å². The van der Waals surface area contributed by atoms with Gasteiger partial charge in [0, 0.05) is 17.0 Å². The van der Waals surface area contributed by atoms with Crippen molar-refractivity contribution in [2.75, 3.05) is 16.6 Å². The minimum absolute atomic E-state index is 0.0426. The molecule has 0 radical (unpaired) electrons. The maximum absolute atomic E-state index is 12.7. The fourth-order valence-corrected chi connectivity index (χ4v) is 3.87.